The molecule has 29 heavy (non-hydrogen) atoms. The van der Waals surface area contributed by atoms with E-state index >= 15 is 0 Å². The van der Waals surface area contributed by atoms with E-state index in [1.54, 1.807) is 22.8 Å². The lowest BCUT2D eigenvalue weighted by Gasteiger charge is -2.10. The van der Waals surface area contributed by atoms with E-state index in [-0.39, 0.29) is 29.4 Å². The van der Waals surface area contributed by atoms with E-state index in [1.165, 1.54) is 30.3 Å². The molecule has 1 aromatic heterocycles. The fourth-order valence-corrected chi connectivity index (χ4v) is 3.54. The van der Waals surface area contributed by atoms with Gasteiger partial charge in [-0.1, -0.05) is 36.0 Å². The fourth-order valence-electron chi connectivity index (χ4n) is 2.55. The van der Waals surface area contributed by atoms with E-state index < -0.39 is 16.6 Å². The Labute approximate surface area is 169 Å². The van der Waals surface area contributed by atoms with E-state index in [4.69, 9.17) is 4.74 Å². The predicted molar refractivity (Wildman–Crippen MR) is 104 cm³/mol. The smallest absolute Gasteiger partial charge is 0.276 e. The molecule has 0 aliphatic heterocycles. The molecule has 0 aliphatic carbocycles. The summed E-state index contributed by atoms with van der Waals surface area (Å²) in [6.07, 6.45) is 1.62. The minimum absolute atomic E-state index is 0.00751. The summed E-state index contributed by atoms with van der Waals surface area (Å²) >= 11 is 1.10. The van der Waals surface area contributed by atoms with Gasteiger partial charge < -0.3 is 4.74 Å². The number of thioether (sulfide) groups is 1. The van der Waals surface area contributed by atoms with E-state index in [0.29, 0.717) is 17.5 Å². The molecule has 0 saturated heterocycles. The number of nitro groups is 1. The minimum Gasteiger partial charge on any atom is -0.483 e. The molecule has 0 radical (unpaired) electrons. The van der Waals surface area contributed by atoms with Gasteiger partial charge in [-0.2, -0.15) is 0 Å². The number of halogens is 2. The van der Waals surface area contributed by atoms with Crippen LogP contribution in [0.5, 0.6) is 5.75 Å². The summed E-state index contributed by atoms with van der Waals surface area (Å²) in [6, 6.07) is 9.70. The Morgan fingerprint density at radius 3 is 2.66 bits per heavy atom. The van der Waals surface area contributed by atoms with Crippen molar-refractivity contribution < 1.29 is 18.4 Å². The summed E-state index contributed by atoms with van der Waals surface area (Å²) in [5, 5.41) is 19.6. The number of ether oxygens (including phenoxy) is 1. The van der Waals surface area contributed by atoms with E-state index in [1.807, 2.05) is 0 Å². The molecule has 0 saturated carbocycles. The summed E-state index contributed by atoms with van der Waals surface area (Å²) in [5.41, 5.74) is -0.324. The van der Waals surface area contributed by atoms with Crippen molar-refractivity contribution in [1.29, 1.82) is 0 Å². The van der Waals surface area contributed by atoms with Crippen LogP contribution in [0.25, 0.3) is 0 Å². The zero-order valence-electron chi connectivity index (χ0n) is 15.1. The summed E-state index contributed by atoms with van der Waals surface area (Å²) < 4.78 is 34.9. The second kappa shape index (κ2) is 9.28. The lowest BCUT2D eigenvalue weighted by Crippen LogP contribution is -2.08. The van der Waals surface area contributed by atoms with Crippen molar-refractivity contribution in [3.63, 3.8) is 0 Å². The van der Waals surface area contributed by atoms with Crippen LogP contribution in [0.1, 0.15) is 11.4 Å². The summed E-state index contributed by atoms with van der Waals surface area (Å²) in [4.78, 5) is 10.5. The molecule has 150 valence electrons. The predicted octanol–water partition coefficient (Wildman–Crippen LogP) is 4.52. The van der Waals surface area contributed by atoms with Crippen LogP contribution in [0.2, 0.25) is 0 Å². The monoisotopic (exact) mass is 418 g/mol. The molecule has 0 unspecified atom stereocenters. The van der Waals surface area contributed by atoms with Crippen LogP contribution in [-0.4, -0.2) is 19.7 Å². The van der Waals surface area contributed by atoms with Crippen molar-refractivity contribution in [2.24, 2.45) is 0 Å². The molecule has 0 N–H and O–H groups in total. The number of nitrogens with zero attached hydrogens (tertiary/aromatic N) is 4. The molecular formula is C19H16F2N4O3S. The van der Waals surface area contributed by atoms with Crippen LogP contribution in [0.3, 0.4) is 0 Å². The molecule has 10 heteroatoms. The lowest BCUT2D eigenvalue weighted by atomic mass is 10.2. The van der Waals surface area contributed by atoms with Crippen LogP contribution >= 0.6 is 11.8 Å². The van der Waals surface area contributed by atoms with E-state index in [9.17, 15) is 18.9 Å². The molecule has 0 atom stereocenters. The fraction of sp³-hybridized carbons (Fsp3) is 0.158. The van der Waals surface area contributed by atoms with Crippen molar-refractivity contribution in [3.05, 3.63) is 88.3 Å². The zero-order valence-corrected chi connectivity index (χ0v) is 15.9. The largest absolute Gasteiger partial charge is 0.483 e. The third kappa shape index (κ3) is 4.77. The number of allylic oxidation sites excluding steroid dienone is 1. The summed E-state index contributed by atoms with van der Waals surface area (Å²) in [6.45, 7) is 3.98. The van der Waals surface area contributed by atoms with Gasteiger partial charge in [0, 0.05) is 18.4 Å². The van der Waals surface area contributed by atoms with Gasteiger partial charge in [-0.25, -0.2) is 8.78 Å². The summed E-state index contributed by atoms with van der Waals surface area (Å²) in [7, 11) is 0. The van der Waals surface area contributed by atoms with Crippen LogP contribution in [0.15, 0.2) is 60.3 Å². The van der Waals surface area contributed by atoms with Crippen molar-refractivity contribution in [1.82, 2.24) is 14.8 Å². The quantitative estimate of drug-likeness (QED) is 0.220. The third-order valence-electron chi connectivity index (χ3n) is 3.93. The van der Waals surface area contributed by atoms with Gasteiger partial charge in [-0.05, 0) is 18.2 Å². The van der Waals surface area contributed by atoms with Gasteiger partial charge in [-0.15, -0.1) is 16.8 Å². The van der Waals surface area contributed by atoms with Gasteiger partial charge in [0.05, 0.1) is 10.5 Å². The van der Waals surface area contributed by atoms with Crippen LogP contribution < -0.4 is 4.74 Å². The molecule has 0 fully saturated rings. The molecule has 7 nitrogen and oxygen atoms in total. The molecule has 2 aromatic carbocycles. The molecule has 0 amide bonds. The SMILES string of the molecule is C=CCn1c(COc2ccccc2F)nnc1SCc1c(F)cccc1[N+](=O)[O-]. The second-order valence-electron chi connectivity index (χ2n) is 5.80. The number of hydrogen-bond donors (Lipinski definition) is 0. The average Bonchev–Trinajstić information content (AvgIpc) is 3.08. The molecule has 1 heterocycles. The number of benzene rings is 2. The van der Waals surface area contributed by atoms with Gasteiger partial charge in [0.1, 0.15) is 12.4 Å². The first-order valence-electron chi connectivity index (χ1n) is 8.46. The first kappa shape index (κ1) is 20.5. The molecule has 3 rings (SSSR count). The maximum Gasteiger partial charge on any atom is 0.276 e. The Balaban J connectivity index is 1.78. The Morgan fingerprint density at radius 2 is 1.93 bits per heavy atom. The Hall–Kier alpha value is -3.27. The maximum atomic E-state index is 14.1. The van der Waals surface area contributed by atoms with Gasteiger partial charge in [0.2, 0.25) is 0 Å². The Morgan fingerprint density at radius 1 is 1.17 bits per heavy atom. The topological polar surface area (TPSA) is 83.1 Å². The van der Waals surface area contributed by atoms with E-state index in [0.717, 1.165) is 11.8 Å². The number of hydrogen-bond acceptors (Lipinski definition) is 6. The average molecular weight is 418 g/mol. The zero-order chi connectivity index (χ0) is 20.8. The van der Waals surface area contributed by atoms with Gasteiger partial charge >= 0.3 is 0 Å². The van der Waals surface area contributed by atoms with Crippen molar-refractivity contribution in [3.8, 4) is 5.75 Å². The second-order valence-corrected chi connectivity index (χ2v) is 6.74. The normalized spacial score (nSPS) is 10.7. The molecule has 0 spiro atoms. The number of aromatic nitrogens is 3. The van der Waals surface area contributed by atoms with Crippen molar-refractivity contribution in [2.75, 3.05) is 0 Å². The van der Waals surface area contributed by atoms with Crippen molar-refractivity contribution in [2.45, 2.75) is 24.1 Å². The Bertz CT molecular complexity index is 1040. The number of rotatable bonds is 9. The van der Waals surface area contributed by atoms with Crippen LogP contribution in [0, 0.1) is 21.7 Å². The van der Waals surface area contributed by atoms with Gasteiger partial charge in [-0.3, -0.25) is 14.7 Å². The highest BCUT2D eigenvalue weighted by molar-refractivity contribution is 7.98. The van der Waals surface area contributed by atoms with Crippen LogP contribution in [0.4, 0.5) is 14.5 Å². The van der Waals surface area contributed by atoms with Crippen molar-refractivity contribution >= 4 is 17.4 Å². The van der Waals surface area contributed by atoms with E-state index in [2.05, 4.69) is 16.8 Å². The first-order chi connectivity index (χ1) is 14.0. The molecule has 0 bridgehead atoms. The highest BCUT2D eigenvalue weighted by Gasteiger charge is 2.20. The minimum atomic E-state index is -0.662. The number of para-hydroxylation sites is 1. The number of nitro benzene ring substituents is 1. The highest BCUT2D eigenvalue weighted by Crippen LogP contribution is 2.29. The van der Waals surface area contributed by atoms with Gasteiger partial charge in [0.25, 0.3) is 5.69 Å². The maximum absolute atomic E-state index is 14.1. The molecule has 3 aromatic rings. The van der Waals surface area contributed by atoms with Crippen LogP contribution in [-0.2, 0) is 18.9 Å². The standard InChI is InChI=1S/C19H16F2N4O3S/c1-2-10-24-18(11-28-17-9-4-3-6-15(17)21)22-23-19(24)29-12-13-14(20)7-5-8-16(13)25(26)27/h2-9H,1,10-12H2. The molecular weight excluding hydrogens is 402 g/mol. The molecule has 0 aliphatic rings. The first-order valence-corrected chi connectivity index (χ1v) is 9.44. The summed E-state index contributed by atoms with van der Waals surface area (Å²) in [5.74, 6) is -0.671. The van der Waals surface area contributed by atoms with Gasteiger partial charge in [0.15, 0.2) is 22.5 Å². The highest BCUT2D eigenvalue weighted by atomic mass is 32.2. The lowest BCUT2D eigenvalue weighted by molar-refractivity contribution is -0.385. The Kier molecular flexibility index (Phi) is 6.55. The third-order valence-corrected chi connectivity index (χ3v) is 4.93.